The summed E-state index contributed by atoms with van der Waals surface area (Å²) in [6.45, 7) is 8.36. The van der Waals surface area contributed by atoms with Gasteiger partial charge in [-0.05, 0) is 20.8 Å². The van der Waals surface area contributed by atoms with Crippen molar-refractivity contribution >= 4 is 17.8 Å². The topological polar surface area (TPSA) is 17.1 Å². The molecule has 0 saturated carbocycles. The molecule has 0 N–H and O–H groups in total. The molecule has 1 unspecified atom stereocenters. The van der Waals surface area contributed by atoms with Gasteiger partial charge in [0.15, 0.2) is 0 Å². The fourth-order valence-electron chi connectivity index (χ4n) is 2.59. The summed E-state index contributed by atoms with van der Waals surface area (Å²) in [5.41, 5.74) is 2.47. The van der Waals surface area contributed by atoms with Crippen LogP contribution in [-0.2, 0) is 4.57 Å². The van der Waals surface area contributed by atoms with Gasteiger partial charge in [-0.2, -0.15) is 0 Å². The van der Waals surface area contributed by atoms with E-state index in [9.17, 15) is 4.57 Å². The summed E-state index contributed by atoms with van der Waals surface area (Å²) in [5, 5.41) is 1.87. The Morgan fingerprint density at radius 3 is 1.52 bits per heavy atom. The molecule has 1 atom stereocenters. The quantitative estimate of drug-likeness (QED) is 0.588. The van der Waals surface area contributed by atoms with Gasteiger partial charge in [0.25, 0.3) is 0 Å². The van der Waals surface area contributed by atoms with Crippen molar-refractivity contribution in [2.45, 2.75) is 33.4 Å². The molecule has 21 heavy (non-hydrogen) atoms. The van der Waals surface area contributed by atoms with E-state index in [1.165, 1.54) is 11.1 Å². The minimum absolute atomic E-state index is 0.00676. The molecule has 0 radical (unpaired) electrons. The van der Waals surface area contributed by atoms with Gasteiger partial charge in [0.1, 0.15) is 7.14 Å². The van der Waals surface area contributed by atoms with Crippen molar-refractivity contribution < 1.29 is 4.57 Å². The minimum atomic E-state index is -2.68. The van der Waals surface area contributed by atoms with Crippen molar-refractivity contribution in [1.29, 1.82) is 0 Å². The molecule has 0 amide bonds. The maximum absolute atomic E-state index is 14.0. The summed E-state index contributed by atoms with van der Waals surface area (Å²) in [5.74, 6) is 0. The average molecular weight is 298 g/mol. The Labute approximate surface area is 128 Å². The van der Waals surface area contributed by atoms with Gasteiger partial charge < -0.3 is 4.57 Å². The van der Waals surface area contributed by atoms with Gasteiger partial charge in [-0.25, -0.2) is 0 Å². The van der Waals surface area contributed by atoms with Crippen LogP contribution in [0.1, 0.15) is 27.7 Å². The standard InChI is InChI=1S/C19H23OP/c1-15(2)16(3)17(4)21(20,18-11-7-5-8-12-18)19-13-9-6-10-14-19/h5-14,17H,1-4H3. The first-order valence-corrected chi connectivity index (χ1v) is 9.10. The normalized spacial score (nSPS) is 12.8. The van der Waals surface area contributed by atoms with Gasteiger partial charge in [0.2, 0.25) is 0 Å². The molecule has 0 bridgehead atoms. The first-order chi connectivity index (χ1) is 9.98. The number of hydrogen-bond donors (Lipinski definition) is 0. The van der Waals surface area contributed by atoms with E-state index in [1.807, 2.05) is 60.7 Å². The molecule has 0 heterocycles. The zero-order chi connectivity index (χ0) is 15.5. The summed E-state index contributed by atoms with van der Waals surface area (Å²) in [4.78, 5) is 0. The predicted octanol–water partition coefficient (Wildman–Crippen LogP) is 4.75. The highest BCUT2D eigenvalue weighted by molar-refractivity contribution is 7.79. The molecule has 0 saturated heterocycles. The SMILES string of the molecule is CC(C)=C(C)C(C)P(=O)(c1ccccc1)c1ccccc1. The van der Waals surface area contributed by atoms with Crippen LogP contribution in [0.2, 0.25) is 0 Å². The fraction of sp³-hybridized carbons (Fsp3) is 0.263. The predicted molar refractivity (Wildman–Crippen MR) is 93.3 cm³/mol. The van der Waals surface area contributed by atoms with Crippen LogP contribution in [0.3, 0.4) is 0 Å². The van der Waals surface area contributed by atoms with Gasteiger partial charge in [-0.3, -0.25) is 0 Å². The van der Waals surface area contributed by atoms with Gasteiger partial charge in [-0.1, -0.05) is 78.7 Å². The number of rotatable bonds is 4. The number of benzene rings is 2. The summed E-state index contributed by atoms with van der Waals surface area (Å²) in [7, 11) is -2.68. The third kappa shape index (κ3) is 3.04. The molecule has 0 fully saturated rings. The van der Waals surface area contributed by atoms with Crippen LogP contribution in [0, 0.1) is 0 Å². The lowest BCUT2D eigenvalue weighted by atomic mass is 10.1. The Hall–Kier alpha value is -1.59. The van der Waals surface area contributed by atoms with Crippen molar-refractivity contribution in [3.8, 4) is 0 Å². The van der Waals surface area contributed by atoms with Crippen LogP contribution < -0.4 is 10.6 Å². The smallest absolute Gasteiger partial charge is 0.149 e. The maximum atomic E-state index is 14.0. The fourth-order valence-corrected chi connectivity index (χ4v) is 5.81. The van der Waals surface area contributed by atoms with Crippen molar-refractivity contribution in [2.24, 2.45) is 0 Å². The van der Waals surface area contributed by atoms with E-state index in [2.05, 4.69) is 27.7 Å². The van der Waals surface area contributed by atoms with Gasteiger partial charge >= 0.3 is 0 Å². The zero-order valence-corrected chi connectivity index (χ0v) is 14.1. The monoisotopic (exact) mass is 298 g/mol. The van der Waals surface area contributed by atoms with E-state index in [1.54, 1.807) is 0 Å². The molecule has 2 heteroatoms. The van der Waals surface area contributed by atoms with Crippen LogP contribution in [-0.4, -0.2) is 5.66 Å². The molecule has 0 aliphatic rings. The third-order valence-electron chi connectivity index (χ3n) is 4.24. The van der Waals surface area contributed by atoms with E-state index < -0.39 is 7.14 Å². The van der Waals surface area contributed by atoms with Crippen molar-refractivity contribution in [3.63, 3.8) is 0 Å². The third-order valence-corrected chi connectivity index (χ3v) is 7.85. The highest BCUT2D eigenvalue weighted by atomic mass is 31.2. The zero-order valence-electron chi connectivity index (χ0n) is 13.2. The Kier molecular flexibility index (Phi) is 4.85. The molecule has 0 spiro atoms. The summed E-state index contributed by atoms with van der Waals surface area (Å²) < 4.78 is 14.0. The minimum Gasteiger partial charge on any atom is -0.313 e. The van der Waals surface area contributed by atoms with E-state index in [0.717, 1.165) is 10.6 Å². The second-order valence-electron chi connectivity index (χ2n) is 5.69. The molecule has 2 rings (SSSR count). The molecule has 2 aromatic carbocycles. The van der Waals surface area contributed by atoms with Crippen LogP contribution >= 0.6 is 7.14 Å². The second kappa shape index (κ2) is 6.45. The van der Waals surface area contributed by atoms with Gasteiger partial charge in [-0.15, -0.1) is 0 Å². The second-order valence-corrected chi connectivity index (χ2v) is 8.81. The lowest BCUT2D eigenvalue weighted by Gasteiger charge is -2.27. The Morgan fingerprint density at radius 1 is 0.810 bits per heavy atom. The highest BCUT2D eigenvalue weighted by Gasteiger charge is 2.34. The number of allylic oxidation sites excluding steroid dienone is 2. The Morgan fingerprint density at radius 2 is 1.19 bits per heavy atom. The first kappa shape index (κ1) is 15.8. The first-order valence-electron chi connectivity index (χ1n) is 7.33. The van der Waals surface area contributed by atoms with E-state index in [0.29, 0.717) is 0 Å². The van der Waals surface area contributed by atoms with E-state index >= 15 is 0 Å². The maximum Gasteiger partial charge on any atom is 0.149 e. The summed E-state index contributed by atoms with van der Waals surface area (Å²) in [6.07, 6.45) is 0. The van der Waals surface area contributed by atoms with Gasteiger partial charge in [0.05, 0.1) is 0 Å². The van der Waals surface area contributed by atoms with Crippen LogP contribution in [0.15, 0.2) is 71.8 Å². The lowest BCUT2D eigenvalue weighted by molar-refractivity contribution is 0.582. The van der Waals surface area contributed by atoms with Crippen molar-refractivity contribution in [3.05, 3.63) is 71.8 Å². The van der Waals surface area contributed by atoms with E-state index in [-0.39, 0.29) is 5.66 Å². The molecule has 0 aliphatic carbocycles. The molecule has 0 aromatic heterocycles. The van der Waals surface area contributed by atoms with Crippen LogP contribution in [0.4, 0.5) is 0 Å². The van der Waals surface area contributed by atoms with Crippen molar-refractivity contribution in [2.75, 3.05) is 0 Å². The summed E-state index contributed by atoms with van der Waals surface area (Å²) >= 11 is 0. The molecular formula is C19H23OP. The van der Waals surface area contributed by atoms with Gasteiger partial charge in [0, 0.05) is 16.3 Å². The Bertz CT molecular complexity index is 624. The Balaban J connectivity index is 2.67. The van der Waals surface area contributed by atoms with E-state index in [4.69, 9.17) is 0 Å². The molecule has 2 aromatic rings. The highest BCUT2D eigenvalue weighted by Crippen LogP contribution is 2.51. The number of hydrogen-bond acceptors (Lipinski definition) is 1. The molecule has 1 nitrogen and oxygen atoms in total. The van der Waals surface area contributed by atoms with Crippen LogP contribution in [0.25, 0.3) is 0 Å². The lowest BCUT2D eigenvalue weighted by Crippen LogP contribution is -2.25. The summed E-state index contributed by atoms with van der Waals surface area (Å²) in [6, 6.07) is 19.8. The molecule has 0 aliphatic heterocycles. The average Bonchev–Trinajstić information content (AvgIpc) is 2.54. The molecular weight excluding hydrogens is 275 g/mol. The van der Waals surface area contributed by atoms with Crippen LogP contribution in [0.5, 0.6) is 0 Å². The van der Waals surface area contributed by atoms with Crippen molar-refractivity contribution in [1.82, 2.24) is 0 Å². The molecule has 110 valence electrons. The largest absolute Gasteiger partial charge is 0.313 e.